The van der Waals surface area contributed by atoms with Gasteiger partial charge in [-0.1, -0.05) is 37.3 Å². The van der Waals surface area contributed by atoms with E-state index in [9.17, 15) is 14.4 Å². The standard InChI is InChI=1S/C20H20O5/c1-4-17(15-8-6-5-7-9-15)20(23)18-11-10-16(24-13(2)21)12-19(18)25-14(3)22/h5-12,17H,4H2,1-3H3/t17-/m1/s1. The number of carbonyl (C=O) groups excluding carboxylic acids is 3. The molecule has 0 unspecified atom stereocenters. The van der Waals surface area contributed by atoms with Crippen molar-refractivity contribution in [2.45, 2.75) is 33.1 Å². The van der Waals surface area contributed by atoms with E-state index in [-0.39, 0.29) is 28.8 Å². The molecule has 0 aromatic heterocycles. The molecule has 0 fully saturated rings. The highest BCUT2D eigenvalue weighted by Gasteiger charge is 2.24. The highest BCUT2D eigenvalue weighted by atomic mass is 16.5. The fraction of sp³-hybridized carbons (Fsp3) is 0.250. The molecule has 2 aromatic rings. The highest BCUT2D eigenvalue weighted by Crippen LogP contribution is 2.31. The Kier molecular flexibility index (Phi) is 6.06. The SMILES string of the molecule is CC[C@@H](C(=O)c1ccc(OC(C)=O)cc1OC(C)=O)c1ccccc1. The summed E-state index contributed by atoms with van der Waals surface area (Å²) in [5.74, 6) is -1.25. The predicted molar refractivity (Wildman–Crippen MR) is 92.9 cm³/mol. The summed E-state index contributed by atoms with van der Waals surface area (Å²) in [6.07, 6.45) is 0.605. The Labute approximate surface area is 146 Å². The summed E-state index contributed by atoms with van der Waals surface area (Å²) >= 11 is 0. The lowest BCUT2D eigenvalue weighted by Gasteiger charge is -2.17. The molecule has 0 heterocycles. The molecule has 0 spiro atoms. The number of carbonyl (C=O) groups is 3. The molecule has 5 nitrogen and oxygen atoms in total. The van der Waals surface area contributed by atoms with E-state index in [0.29, 0.717) is 6.42 Å². The zero-order chi connectivity index (χ0) is 18.4. The zero-order valence-electron chi connectivity index (χ0n) is 14.4. The van der Waals surface area contributed by atoms with Crippen molar-refractivity contribution >= 4 is 17.7 Å². The summed E-state index contributed by atoms with van der Waals surface area (Å²) < 4.78 is 10.2. The number of ether oxygens (including phenoxy) is 2. The molecular formula is C20H20O5. The van der Waals surface area contributed by atoms with Crippen LogP contribution >= 0.6 is 0 Å². The molecule has 2 rings (SSSR count). The van der Waals surface area contributed by atoms with Gasteiger partial charge in [0.05, 0.1) is 5.56 Å². The second kappa shape index (κ2) is 8.24. The van der Waals surface area contributed by atoms with Gasteiger partial charge in [-0.15, -0.1) is 0 Å². The lowest BCUT2D eigenvalue weighted by Crippen LogP contribution is -2.15. The van der Waals surface area contributed by atoms with Crippen molar-refractivity contribution in [2.24, 2.45) is 0 Å². The first-order valence-electron chi connectivity index (χ1n) is 8.02. The molecule has 0 bridgehead atoms. The van der Waals surface area contributed by atoms with E-state index < -0.39 is 11.9 Å². The van der Waals surface area contributed by atoms with Crippen LogP contribution in [-0.2, 0) is 9.59 Å². The normalized spacial score (nSPS) is 11.5. The summed E-state index contributed by atoms with van der Waals surface area (Å²) in [6, 6.07) is 13.8. The van der Waals surface area contributed by atoms with Gasteiger partial charge in [0.25, 0.3) is 0 Å². The van der Waals surface area contributed by atoms with Gasteiger partial charge in [0.15, 0.2) is 5.78 Å². The Morgan fingerprint density at radius 2 is 1.56 bits per heavy atom. The Hall–Kier alpha value is -2.95. The minimum atomic E-state index is -0.554. The fourth-order valence-electron chi connectivity index (χ4n) is 2.62. The van der Waals surface area contributed by atoms with Crippen LogP contribution in [0.4, 0.5) is 0 Å². The van der Waals surface area contributed by atoms with E-state index in [1.807, 2.05) is 37.3 Å². The summed E-state index contributed by atoms with van der Waals surface area (Å²) in [4.78, 5) is 35.5. The third-order valence-electron chi connectivity index (χ3n) is 3.66. The van der Waals surface area contributed by atoms with Crippen molar-refractivity contribution in [3.8, 4) is 11.5 Å². The molecule has 0 aliphatic rings. The monoisotopic (exact) mass is 340 g/mol. The highest BCUT2D eigenvalue weighted by molar-refractivity contribution is 6.03. The van der Waals surface area contributed by atoms with Gasteiger partial charge < -0.3 is 9.47 Å². The summed E-state index contributed by atoms with van der Waals surface area (Å²) in [6.45, 7) is 4.45. The number of hydrogen-bond donors (Lipinski definition) is 0. The molecule has 0 N–H and O–H groups in total. The van der Waals surface area contributed by atoms with Gasteiger partial charge in [-0.2, -0.15) is 0 Å². The van der Waals surface area contributed by atoms with E-state index in [1.54, 1.807) is 0 Å². The number of ketones is 1. The summed E-state index contributed by atoms with van der Waals surface area (Å²) in [7, 11) is 0. The average molecular weight is 340 g/mol. The first-order valence-corrected chi connectivity index (χ1v) is 8.02. The van der Waals surface area contributed by atoms with Crippen molar-refractivity contribution < 1.29 is 23.9 Å². The third-order valence-corrected chi connectivity index (χ3v) is 3.66. The maximum absolute atomic E-state index is 13.0. The Bertz CT molecular complexity index is 780. The largest absolute Gasteiger partial charge is 0.427 e. The van der Waals surface area contributed by atoms with E-state index in [1.165, 1.54) is 32.0 Å². The second-order valence-corrected chi connectivity index (χ2v) is 5.58. The second-order valence-electron chi connectivity index (χ2n) is 5.58. The topological polar surface area (TPSA) is 69.7 Å². The average Bonchev–Trinajstić information content (AvgIpc) is 2.55. The summed E-state index contributed by atoms with van der Waals surface area (Å²) in [5.41, 5.74) is 1.18. The molecule has 0 amide bonds. The zero-order valence-corrected chi connectivity index (χ0v) is 14.4. The summed E-state index contributed by atoms with van der Waals surface area (Å²) in [5, 5.41) is 0. The molecule has 5 heteroatoms. The number of hydrogen-bond acceptors (Lipinski definition) is 5. The van der Waals surface area contributed by atoms with Crippen LogP contribution in [0.5, 0.6) is 11.5 Å². The van der Waals surface area contributed by atoms with E-state index in [2.05, 4.69) is 0 Å². The molecule has 0 saturated carbocycles. The number of Topliss-reactive ketones (excluding diaryl/α,β-unsaturated/α-hetero) is 1. The van der Waals surface area contributed by atoms with Gasteiger partial charge in [0.2, 0.25) is 0 Å². The maximum atomic E-state index is 13.0. The van der Waals surface area contributed by atoms with Crippen LogP contribution in [0, 0.1) is 0 Å². The molecule has 1 atom stereocenters. The molecular weight excluding hydrogens is 320 g/mol. The third kappa shape index (κ3) is 4.76. The van der Waals surface area contributed by atoms with Crippen molar-refractivity contribution in [1.29, 1.82) is 0 Å². The van der Waals surface area contributed by atoms with Crippen molar-refractivity contribution in [3.05, 3.63) is 59.7 Å². The number of rotatable bonds is 6. The van der Waals surface area contributed by atoms with Crippen LogP contribution in [0.1, 0.15) is 49.0 Å². The minimum absolute atomic E-state index is 0.0885. The molecule has 0 radical (unpaired) electrons. The van der Waals surface area contributed by atoms with Crippen molar-refractivity contribution in [1.82, 2.24) is 0 Å². The van der Waals surface area contributed by atoms with Crippen LogP contribution < -0.4 is 9.47 Å². The van der Waals surface area contributed by atoms with Gasteiger partial charge in [0.1, 0.15) is 11.5 Å². The lowest BCUT2D eigenvalue weighted by molar-refractivity contribution is -0.132. The van der Waals surface area contributed by atoms with Crippen molar-refractivity contribution in [3.63, 3.8) is 0 Å². The van der Waals surface area contributed by atoms with E-state index in [4.69, 9.17) is 9.47 Å². The lowest BCUT2D eigenvalue weighted by atomic mass is 9.88. The molecule has 0 aliphatic carbocycles. The molecule has 0 saturated heterocycles. The quantitative estimate of drug-likeness (QED) is 0.453. The predicted octanol–water partition coefficient (Wildman–Crippen LogP) is 3.91. The first-order chi connectivity index (χ1) is 11.9. The van der Waals surface area contributed by atoms with Crippen LogP contribution in [-0.4, -0.2) is 17.7 Å². The minimum Gasteiger partial charge on any atom is -0.427 e. The van der Waals surface area contributed by atoms with Gasteiger partial charge in [-0.25, -0.2) is 0 Å². The van der Waals surface area contributed by atoms with Gasteiger partial charge in [-0.3, -0.25) is 14.4 Å². The molecule has 25 heavy (non-hydrogen) atoms. The Balaban J connectivity index is 2.42. The Morgan fingerprint density at radius 1 is 0.920 bits per heavy atom. The number of benzene rings is 2. The van der Waals surface area contributed by atoms with Crippen LogP contribution in [0.3, 0.4) is 0 Å². The van der Waals surface area contributed by atoms with Crippen molar-refractivity contribution in [2.75, 3.05) is 0 Å². The first kappa shape index (κ1) is 18.4. The molecule has 2 aromatic carbocycles. The molecule has 0 aliphatic heterocycles. The van der Waals surface area contributed by atoms with E-state index >= 15 is 0 Å². The van der Waals surface area contributed by atoms with Crippen LogP contribution in [0.25, 0.3) is 0 Å². The molecule has 130 valence electrons. The van der Waals surface area contributed by atoms with E-state index in [0.717, 1.165) is 5.56 Å². The fourth-order valence-corrected chi connectivity index (χ4v) is 2.62. The Morgan fingerprint density at radius 3 is 2.12 bits per heavy atom. The number of esters is 2. The van der Waals surface area contributed by atoms with Crippen LogP contribution in [0.15, 0.2) is 48.5 Å². The van der Waals surface area contributed by atoms with Gasteiger partial charge >= 0.3 is 11.9 Å². The smallest absolute Gasteiger partial charge is 0.308 e. The maximum Gasteiger partial charge on any atom is 0.308 e. The van der Waals surface area contributed by atoms with Gasteiger partial charge in [0, 0.05) is 25.8 Å². The van der Waals surface area contributed by atoms with Crippen LogP contribution in [0.2, 0.25) is 0 Å². The van der Waals surface area contributed by atoms with Gasteiger partial charge in [-0.05, 0) is 24.1 Å².